The molecule has 1 N–H and O–H groups in total. The first-order chi connectivity index (χ1) is 17.0. The Morgan fingerprint density at radius 2 is 1.77 bits per heavy atom. The van der Waals surface area contributed by atoms with Crippen LogP contribution in [-0.2, 0) is 4.79 Å². The smallest absolute Gasteiger partial charge is 0.335 e. The molecule has 6 nitrogen and oxygen atoms in total. The number of carboxylic acid groups (broad SMARTS) is 1. The van der Waals surface area contributed by atoms with Crippen LogP contribution < -0.4 is 0 Å². The number of carbonyl (C=O) groups excluding carboxylic acids is 1. The van der Waals surface area contributed by atoms with Crippen molar-refractivity contribution in [1.82, 2.24) is 4.90 Å². The zero-order valence-electron chi connectivity index (χ0n) is 20.2. The largest absolute Gasteiger partial charge is 0.478 e. The summed E-state index contributed by atoms with van der Waals surface area (Å²) in [6.45, 7) is 1.92. The minimum atomic E-state index is -0.972. The summed E-state index contributed by atoms with van der Waals surface area (Å²) in [5.74, 6) is 0.228. The Balaban J connectivity index is 1.43. The summed E-state index contributed by atoms with van der Waals surface area (Å²) < 4.78 is 6.07. The molecule has 35 heavy (non-hydrogen) atoms. The minimum absolute atomic E-state index is 0.0264. The van der Waals surface area contributed by atoms with Gasteiger partial charge in [0.15, 0.2) is 5.17 Å². The summed E-state index contributed by atoms with van der Waals surface area (Å²) in [7, 11) is 0. The molecule has 2 heterocycles. The Morgan fingerprint density at radius 3 is 2.49 bits per heavy atom. The molecular weight excluding hydrogens is 460 g/mol. The van der Waals surface area contributed by atoms with Crippen LogP contribution in [0.1, 0.15) is 85.9 Å². The van der Waals surface area contributed by atoms with E-state index in [0.29, 0.717) is 22.5 Å². The van der Waals surface area contributed by atoms with E-state index >= 15 is 0 Å². The lowest BCUT2D eigenvalue weighted by Crippen LogP contribution is -2.41. The van der Waals surface area contributed by atoms with Gasteiger partial charge in [-0.3, -0.25) is 14.7 Å². The molecule has 0 unspecified atom stereocenters. The standard InChI is InChI=1S/C28H32N2O4S/c1-18-12-13-19(27(32)33)16-23(18)24-15-14-22(34-24)17-25-26(31)30(21-10-6-3-7-11-21)28(35-25)29-20-8-4-2-5-9-20/h12-17,20-21H,2-11H2,1H3,(H,32,33). The van der Waals surface area contributed by atoms with Gasteiger partial charge >= 0.3 is 5.97 Å². The Morgan fingerprint density at radius 1 is 1.06 bits per heavy atom. The minimum Gasteiger partial charge on any atom is -0.478 e. The van der Waals surface area contributed by atoms with Crippen LogP contribution in [0.15, 0.2) is 44.6 Å². The second-order valence-corrected chi connectivity index (χ2v) is 10.8. The number of hydrogen-bond donors (Lipinski definition) is 1. The van der Waals surface area contributed by atoms with Crippen LogP contribution in [0.5, 0.6) is 0 Å². The van der Waals surface area contributed by atoms with Crippen molar-refractivity contribution in [2.75, 3.05) is 0 Å². The number of benzene rings is 1. The average Bonchev–Trinajstić information content (AvgIpc) is 3.45. The first-order valence-electron chi connectivity index (χ1n) is 12.7. The highest BCUT2D eigenvalue weighted by Crippen LogP contribution is 2.39. The predicted octanol–water partition coefficient (Wildman–Crippen LogP) is 6.89. The normalized spacial score (nSPS) is 22.4. The van der Waals surface area contributed by atoms with Gasteiger partial charge in [-0.1, -0.05) is 44.6 Å². The molecule has 1 aromatic heterocycles. The van der Waals surface area contributed by atoms with Crippen molar-refractivity contribution < 1.29 is 19.1 Å². The third-order valence-corrected chi connectivity index (χ3v) is 8.29. The van der Waals surface area contributed by atoms with Crippen LogP contribution in [0.3, 0.4) is 0 Å². The zero-order valence-corrected chi connectivity index (χ0v) is 21.0. The van der Waals surface area contributed by atoms with Gasteiger partial charge in [0.2, 0.25) is 0 Å². The molecule has 2 aliphatic carbocycles. The number of aryl methyl sites for hydroxylation is 1. The summed E-state index contributed by atoms with van der Waals surface area (Å²) in [6.07, 6.45) is 13.3. The lowest BCUT2D eigenvalue weighted by Gasteiger charge is -2.31. The molecule has 2 aromatic rings. The number of hydrogen-bond acceptors (Lipinski definition) is 5. The number of carbonyl (C=O) groups is 2. The molecule has 5 rings (SSSR count). The summed E-state index contributed by atoms with van der Waals surface area (Å²) >= 11 is 1.47. The molecule has 0 radical (unpaired) electrons. The highest BCUT2D eigenvalue weighted by molar-refractivity contribution is 8.18. The summed E-state index contributed by atoms with van der Waals surface area (Å²) in [5.41, 5.74) is 1.89. The van der Waals surface area contributed by atoms with Gasteiger partial charge in [0, 0.05) is 17.7 Å². The Kier molecular flexibility index (Phi) is 7.14. The topological polar surface area (TPSA) is 83.1 Å². The number of aliphatic imine (C=N–C) groups is 1. The van der Waals surface area contributed by atoms with E-state index in [1.54, 1.807) is 18.2 Å². The Labute approximate surface area is 210 Å². The number of nitrogens with zero attached hydrogens (tertiary/aromatic N) is 2. The van der Waals surface area contributed by atoms with Crippen molar-refractivity contribution in [3.8, 4) is 11.3 Å². The van der Waals surface area contributed by atoms with Crippen LogP contribution in [0, 0.1) is 6.92 Å². The molecule has 1 saturated heterocycles. The zero-order chi connectivity index (χ0) is 24.4. The first kappa shape index (κ1) is 23.9. The van der Waals surface area contributed by atoms with Crippen LogP contribution in [0.2, 0.25) is 0 Å². The van der Waals surface area contributed by atoms with Crippen LogP contribution in [0.25, 0.3) is 17.4 Å². The van der Waals surface area contributed by atoms with Crippen LogP contribution >= 0.6 is 11.8 Å². The second-order valence-electron chi connectivity index (χ2n) is 9.82. The Hall–Kier alpha value is -2.80. The fraction of sp³-hybridized carbons (Fsp3) is 0.464. The molecule has 1 amide bonds. The van der Waals surface area contributed by atoms with Gasteiger partial charge in [-0.25, -0.2) is 4.79 Å². The lowest BCUT2D eigenvalue weighted by atomic mass is 9.94. The van der Waals surface area contributed by atoms with Gasteiger partial charge in [-0.2, -0.15) is 0 Å². The molecule has 0 spiro atoms. The molecule has 7 heteroatoms. The van der Waals surface area contributed by atoms with Crippen molar-refractivity contribution in [2.24, 2.45) is 4.99 Å². The fourth-order valence-electron chi connectivity index (χ4n) is 5.33. The SMILES string of the molecule is Cc1ccc(C(=O)O)cc1-c1ccc(C=C2SC(=NC3CCCCC3)N(C3CCCCC3)C2=O)o1. The van der Waals surface area contributed by atoms with Gasteiger partial charge in [0.1, 0.15) is 11.5 Å². The van der Waals surface area contributed by atoms with E-state index in [1.165, 1.54) is 37.4 Å². The third kappa shape index (κ3) is 5.25. The predicted molar refractivity (Wildman–Crippen MR) is 139 cm³/mol. The molecule has 3 fully saturated rings. The fourth-order valence-corrected chi connectivity index (χ4v) is 6.42. The highest BCUT2D eigenvalue weighted by atomic mass is 32.2. The lowest BCUT2D eigenvalue weighted by molar-refractivity contribution is -0.124. The van der Waals surface area contributed by atoms with Crippen molar-refractivity contribution in [3.63, 3.8) is 0 Å². The van der Waals surface area contributed by atoms with E-state index in [0.717, 1.165) is 54.8 Å². The van der Waals surface area contributed by atoms with Gasteiger partial charge in [0.25, 0.3) is 5.91 Å². The maximum atomic E-state index is 13.6. The van der Waals surface area contributed by atoms with E-state index in [4.69, 9.17) is 9.41 Å². The van der Waals surface area contributed by atoms with E-state index < -0.39 is 5.97 Å². The molecule has 3 aliphatic rings. The van der Waals surface area contributed by atoms with Crippen molar-refractivity contribution in [3.05, 3.63) is 52.1 Å². The molecule has 1 aromatic carbocycles. The molecular formula is C28H32N2O4S. The third-order valence-electron chi connectivity index (χ3n) is 7.29. The van der Waals surface area contributed by atoms with Gasteiger partial charge in [0.05, 0.1) is 16.5 Å². The number of furan rings is 1. The number of aromatic carboxylic acids is 1. The molecule has 0 bridgehead atoms. The number of amides is 1. The van der Waals surface area contributed by atoms with Crippen LogP contribution in [0.4, 0.5) is 0 Å². The van der Waals surface area contributed by atoms with E-state index in [1.807, 2.05) is 30.0 Å². The van der Waals surface area contributed by atoms with E-state index in [9.17, 15) is 14.7 Å². The van der Waals surface area contributed by atoms with Crippen LogP contribution in [-0.4, -0.2) is 39.1 Å². The number of carboxylic acids is 1. The van der Waals surface area contributed by atoms with E-state index in [2.05, 4.69) is 0 Å². The highest BCUT2D eigenvalue weighted by Gasteiger charge is 2.39. The number of amidine groups is 1. The summed E-state index contributed by atoms with van der Waals surface area (Å²) in [4.78, 5) is 32.7. The first-order valence-corrected chi connectivity index (χ1v) is 13.6. The Bertz CT molecular complexity index is 1170. The number of rotatable bonds is 5. The van der Waals surface area contributed by atoms with E-state index in [-0.39, 0.29) is 17.5 Å². The molecule has 0 atom stereocenters. The second kappa shape index (κ2) is 10.4. The molecule has 184 valence electrons. The van der Waals surface area contributed by atoms with Gasteiger partial charge in [-0.15, -0.1) is 0 Å². The van der Waals surface area contributed by atoms with Gasteiger partial charge < -0.3 is 9.52 Å². The van der Waals surface area contributed by atoms with Crippen molar-refractivity contribution in [1.29, 1.82) is 0 Å². The number of thioether (sulfide) groups is 1. The monoisotopic (exact) mass is 492 g/mol. The quantitative estimate of drug-likeness (QED) is 0.460. The maximum absolute atomic E-state index is 13.6. The average molecular weight is 493 g/mol. The maximum Gasteiger partial charge on any atom is 0.335 e. The summed E-state index contributed by atoms with van der Waals surface area (Å²) in [6, 6.07) is 9.21. The molecule has 1 aliphatic heterocycles. The summed E-state index contributed by atoms with van der Waals surface area (Å²) in [5, 5.41) is 10.2. The molecule has 2 saturated carbocycles. The van der Waals surface area contributed by atoms with Crippen molar-refractivity contribution in [2.45, 2.75) is 83.2 Å². The van der Waals surface area contributed by atoms with Gasteiger partial charge in [-0.05, 0) is 74.2 Å². The van der Waals surface area contributed by atoms with Crippen molar-refractivity contribution >= 4 is 34.9 Å².